The Morgan fingerprint density at radius 3 is 2.42 bits per heavy atom. The summed E-state index contributed by atoms with van der Waals surface area (Å²) in [4.78, 5) is 12.3. The van der Waals surface area contributed by atoms with Crippen molar-refractivity contribution in [2.45, 2.75) is 70.0 Å². The van der Waals surface area contributed by atoms with Crippen molar-refractivity contribution in [3.8, 4) is 23.0 Å². The molecule has 0 heterocycles. The van der Waals surface area contributed by atoms with Crippen molar-refractivity contribution >= 4 is 5.78 Å². The third-order valence-corrected chi connectivity index (χ3v) is 9.69. The van der Waals surface area contributed by atoms with Crippen molar-refractivity contribution < 1.29 is 15.0 Å². The number of carbonyl (C=O) groups is 1. The summed E-state index contributed by atoms with van der Waals surface area (Å²) in [6.45, 7) is 3.90. The van der Waals surface area contributed by atoms with Gasteiger partial charge in [-0.3, -0.25) is 4.79 Å². The van der Waals surface area contributed by atoms with Gasteiger partial charge in [-0.05, 0) is 84.8 Å². The van der Waals surface area contributed by atoms with E-state index in [1.165, 1.54) is 33.4 Å². The van der Waals surface area contributed by atoms with Crippen LogP contribution in [-0.2, 0) is 4.79 Å². The molecule has 6 rings (SSSR count). The molecule has 2 saturated carbocycles. The Morgan fingerprint density at radius 1 is 0.972 bits per heavy atom. The van der Waals surface area contributed by atoms with Crippen LogP contribution in [0.3, 0.4) is 0 Å². The first kappa shape index (κ1) is 23.5. The van der Waals surface area contributed by atoms with Gasteiger partial charge in [-0.2, -0.15) is 0 Å². The van der Waals surface area contributed by atoms with Crippen molar-refractivity contribution in [1.82, 2.24) is 0 Å². The molecule has 0 aliphatic heterocycles. The highest BCUT2D eigenvalue weighted by molar-refractivity contribution is 5.93. The van der Waals surface area contributed by atoms with Crippen molar-refractivity contribution in [3.63, 3.8) is 0 Å². The van der Waals surface area contributed by atoms with E-state index in [1.807, 2.05) is 12.1 Å². The predicted molar refractivity (Wildman–Crippen MR) is 142 cm³/mol. The summed E-state index contributed by atoms with van der Waals surface area (Å²) in [6.07, 6.45) is 5.57. The number of aliphatic hydroxyl groups is 2. The predicted octanol–water partition coefficient (Wildman–Crippen LogP) is 5.98. The van der Waals surface area contributed by atoms with Gasteiger partial charge in [0.1, 0.15) is 0 Å². The van der Waals surface area contributed by atoms with Gasteiger partial charge in [-0.15, -0.1) is 5.92 Å². The summed E-state index contributed by atoms with van der Waals surface area (Å²) in [6, 6.07) is 19.3. The van der Waals surface area contributed by atoms with Gasteiger partial charge in [0.25, 0.3) is 0 Å². The fourth-order valence-electron chi connectivity index (χ4n) is 7.93. The molecule has 4 aliphatic carbocycles. The van der Waals surface area contributed by atoms with Gasteiger partial charge < -0.3 is 10.2 Å². The second-order valence-electron chi connectivity index (χ2n) is 11.4. The zero-order chi connectivity index (χ0) is 25.1. The zero-order valence-electron chi connectivity index (χ0n) is 21.1. The zero-order valence-corrected chi connectivity index (χ0v) is 21.1. The van der Waals surface area contributed by atoms with Gasteiger partial charge in [0.05, 0.1) is 6.10 Å². The monoisotopic (exact) mass is 478 g/mol. The molecule has 0 aromatic heterocycles. The maximum Gasteiger partial charge on any atom is 0.156 e. The highest BCUT2D eigenvalue weighted by Crippen LogP contribution is 2.66. The van der Waals surface area contributed by atoms with Crippen LogP contribution in [0.4, 0.5) is 0 Å². The molecule has 2 aromatic rings. The number of aliphatic hydroxyl groups excluding tert-OH is 1. The third kappa shape index (κ3) is 3.39. The summed E-state index contributed by atoms with van der Waals surface area (Å²) < 4.78 is 0. The second-order valence-corrected chi connectivity index (χ2v) is 11.4. The first-order valence-corrected chi connectivity index (χ1v) is 13.3. The molecule has 6 atom stereocenters. The molecule has 0 bridgehead atoms. The molecule has 36 heavy (non-hydrogen) atoms. The lowest BCUT2D eigenvalue weighted by molar-refractivity contribution is -0.114. The van der Waals surface area contributed by atoms with Crippen molar-refractivity contribution in [1.29, 1.82) is 0 Å². The molecule has 184 valence electrons. The average molecular weight is 479 g/mol. The molecule has 2 aromatic carbocycles. The fourth-order valence-corrected chi connectivity index (χ4v) is 7.93. The van der Waals surface area contributed by atoms with E-state index in [2.05, 4.69) is 67.3 Å². The summed E-state index contributed by atoms with van der Waals surface area (Å²) in [5, 5.41) is 23.0. The highest BCUT2D eigenvalue weighted by Gasteiger charge is 2.66. The van der Waals surface area contributed by atoms with Gasteiger partial charge in [0.15, 0.2) is 11.4 Å². The summed E-state index contributed by atoms with van der Waals surface area (Å²) in [5.74, 6) is 6.79. The molecule has 3 nitrogen and oxygen atoms in total. The lowest BCUT2D eigenvalue weighted by Gasteiger charge is -2.53. The number of fused-ring (bicyclic) bond motifs is 4. The van der Waals surface area contributed by atoms with Crippen molar-refractivity contribution in [3.05, 3.63) is 83.0 Å². The van der Waals surface area contributed by atoms with E-state index in [4.69, 9.17) is 0 Å². The fraction of sp³-hybridized carbons (Fsp3) is 0.424. The van der Waals surface area contributed by atoms with Gasteiger partial charge >= 0.3 is 0 Å². The normalized spacial score (nSPS) is 35.2. The van der Waals surface area contributed by atoms with E-state index in [0.29, 0.717) is 12.8 Å². The minimum Gasteiger partial charge on any atom is -0.389 e. The Bertz CT molecular complexity index is 1320. The van der Waals surface area contributed by atoms with Crippen LogP contribution in [0.25, 0.3) is 11.1 Å². The molecule has 0 radical (unpaired) electrons. The number of rotatable bonds is 2. The standard InChI is InChI=1S/C33H34O3/c1-3-17-33(36)30(35)19-29-27-15-13-24-18-25(34)14-16-26(24)31(27)28(20-32(29,33)2)23-11-9-22(10-12-23)21-7-5-4-6-8-21/h4-12,18,27-30,35-36H,13-16,19-20H2,1-2H3/t27-,28+,29-,30+,32-,33+/m0/s1. The number of hydrogen-bond acceptors (Lipinski definition) is 3. The lowest BCUT2D eigenvalue weighted by Crippen LogP contribution is -2.54. The van der Waals surface area contributed by atoms with Gasteiger partial charge in [0.2, 0.25) is 0 Å². The van der Waals surface area contributed by atoms with Gasteiger partial charge in [-0.25, -0.2) is 0 Å². The van der Waals surface area contributed by atoms with Crippen LogP contribution in [0, 0.1) is 29.1 Å². The van der Waals surface area contributed by atoms with E-state index in [0.717, 1.165) is 25.7 Å². The lowest BCUT2D eigenvalue weighted by atomic mass is 9.51. The molecular formula is C33H34O3. The van der Waals surface area contributed by atoms with E-state index in [-0.39, 0.29) is 23.5 Å². The summed E-state index contributed by atoms with van der Waals surface area (Å²) >= 11 is 0. The average Bonchev–Trinajstić information content (AvgIpc) is 3.09. The first-order valence-electron chi connectivity index (χ1n) is 13.3. The van der Waals surface area contributed by atoms with E-state index in [1.54, 1.807) is 6.92 Å². The van der Waals surface area contributed by atoms with E-state index >= 15 is 0 Å². The third-order valence-electron chi connectivity index (χ3n) is 9.69. The van der Waals surface area contributed by atoms with Crippen LogP contribution in [0.1, 0.15) is 63.9 Å². The molecule has 2 fully saturated rings. The number of benzene rings is 2. The van der Waals surface area contributed by atoms with E-state index < -0.39 is 17.1 Å². The molecular weight excluding hydrogens is 444 g/mol. The Hall–Kier alpha value is -2.93. The molecule has 4 aliphatic rings. The molecule has 0 amide bonds. The summed E-state index contributed by atoms with van der Waals surface area (Å²) in [5.41, 5.74) is 5.74. The minimum atomic E-state index is -1.41. The number of carbonyl (C=O) groups excluding carboxylic acids is 1. The SMILES string of the molecule is CC#C[C@@]1(O)[C@H](O)C[C@H]2[C@@H]3CCC4=CC(=O)CCC4=C3[C@@H](c3ccc(-c4ccccc4)cc3)C[C@@]21C. The molecule has 3 heteroatoms. The quantitative estimate of drug-likeness (QED) is 0.522. The van der Waals surface area contributed by atoms with Crippen LogP contribution >= 0.6 is 0 Å². The maximum atomic E-state index is 12.3. The largest absolute Gasteiger partial charge is 0.389 e. The smallest absolute Gasteiger partial charge is 0.156 e. The molecule has 2 N–H and O–H groups in total. The van der Waals surface area contributed by atoms with Gasteiger partial charge in [0, 0.05) is 17.8 Å². The summed E-state index contributed by atoms with van der Waals surface area (Å²) in [7, 11) is 0. The van der Waals surface area contributed by atoms with Crippen molar-refractivity contribution in [2.24, 2.45) is 17.3 Å². The minimum absolute atomic E-state index is 0.128. The molecule has 0 spiro atoms. The Balaban J connectivity index is 1.50. The number of ketones is 1. The Labute approximate surface area is 213 Å². The van der Waals surface area contributed by atoms with Crippen LogP contribution in [0.5, 0.6) is 0 Å². The Morgan fingerprint density at radius 2 is 1.69 bits per heavy atom. The topological polar surface area (TPSA) is 57.5 Å². The highest BCUT2D eigenvalue weighted by atomic mass is 16.3. The van der Waals surface area contributed by atoms with Crippen LogP contribution < -0.4 is 0 Å². The van der Waals surface area contributed by atoms with E-state index in [9.17, 15) is 15.0 Å². The van der Waals surface area contributed by atoms with Crippen LogP contribution in [0.2, 0.25) is 0 Å². The van der Waals surface area contributed by atoms with Crippen LogP contribution in [-0.4, -0.2) is 27.7 Å². The second kappa shape index (κ2) is 8.58. The first-order chi connectivity index (χ1) is 17.4. The Kier molecular flexibility index (Phi) is 5.59. The van der Waals surface area contributed by atoms with Crippen molar-refractivity contribution in [2.75, 3.05) is 0 Å². The van der Waals surface area contributed by atoms with Gasteiger partial charge in [-0.1, -0.05) is 73.0 Å². The maximum absolute atomic E-state index is 12.3. The molecule has 0 saturated heterocycles. The number of allylic oxidation sites excluding steroid dienone is 4. The molecule has 0 unspecified atom stereocenters. The number of hydrogen-bond donors (Lipinski definition) is 2. The van der Waals surface area contributed by atoms with Crippen LogP contribution in [0.15, 0.2) is 77.4 Å².